The predicted octanol–water partition coefficient (Wildman–Crippen LogP) is 4.45. The summed E-state index contributed by atoms with van der Waals surface area (Å²) in [5.41, 5.74) is 2.89. The molecule has 0 saturated heterocycles. The molecule has 0 amide bonds. The molecule has 4 aromatic rings. The molecular weight excluding hydrogens is 374 g/mol. The molecule has 0 bridgehead atoms. The van der Waals surface area contributed by atoms with E-state index in [1.54, 1.807) is 23.0 Å². The zero-order chi connectivity index (χ0) is 19.1. The number of fused-ring (bicyclic) bond motifs is 1. The summed E-state index contributed by atoms with van der Waals surface area (Å²) < 4.78 is 1.58. The van der Waals surface area contributed by atoms with Crippen LogP contribution in [0.25, 0.3) is 16.6 Å². The topological polar surface area (TPSA) is 72.7 Å². The molecule has 1 N–H and O–H groups in total. The van der Waals surface area contributed by atoms with Gasteiger partial charge < -0.3 is 5.32 Å². The summed E-state index contributed by atoms with van der Waals surface area (Å²) in [6.07, 6.45) is 7.09. The second kappa shape index (κ2) is 6.73. The summed E-state index contributed by atoms with van der Waals surface area (Å²) >= 11 is 6.40. The molecule has 0 radical (unpaired) electrons. The quantitative estimate of drug-likeness (QED) is 0.558. The number of anilines is 2. The van der Waals surface area contributed by atoms with Crippen molar-refractivity contribution >= 4 is 34.0 Å². The minimum atomic E-state index is -0.395. The highest BCUT2D eigenvalue weighted by Gasteiger charge is 2.25. The van der Waals surface area contributed by atoms with Gasteiger partial charge in [-0.05, 0) is 48.6 Å². The van der Waals surface area contributed by atoms with Gasteiger partial charge in [0.25, 0.3) is 0 Å². The van der Waals surface area contributed by atoms with Gasteiger partial charge in [-0.15, -0.1) is 0 Å². The Morgan fingerprint density at radius 3 is 2.61 bits per heavy atom. The van der Waals surface area contributed by atoms with Crippen molar-refractivity contribution < 1.29 is 0 Å². The summed E-state index contributed by atoms with van der Waals surface area (Å²) in [4.78, 5) is 25.3. The fourth-order valence-electron chi connectivity index (χ4n) is 3.37. The van der Waals surface area contributed by atoms with Crippen LogP contribution in [-0.2, 0) is 0 Å². The van der Waals surface area contributed by atoms with Crippen LogP contribution in [0.15, 0.2) is 66.0 Å². The Balaban J connectivity index is 1.77. The molecule has 0 unspecified atom stereocenters. The molecule has 28 heavy (non-hydrogen) atoms. The maximum Gasteiger partial charge on any atom is 0.354 e. The number of hydrogen-bond donors (Lipinski definition) is 1. The largest absolute Gasteiger partial charge is 0.354 e. The molecule has 2 aromatic heterocycles. The van der Waals surface area contributed by atoms with E-state index in [0.29, 0.717) is 28.1 Å². The molecule has 0 spiro atoms. The van der Waals surface area contributed by atoms with Crippen molar-refractivity contribution in [1.29, 1.82) is 0 Å². The summed E-state index contributed by atoms with van der Waals surface area (Å²) in [5, 5.41) is 4.49. The van der Waals surface area contributed by atoms with E-state index in [-0.39, 0.29) is 0 Å². The van der Waals surface area contributed by atoms with Gasteiger partial charge in [-0.2, -0.15) is 4.98 Å². The van der Waals surface area contributed by atoms with E-state index in [2.05, 4.69) is 32.4 Å². The first-order valence-corrected chi connectivity index (χ1v) is 9.42. The highest BCUT2D eigenvalue weighted by Crippen LogP contribution is 2.41. The molecule has 1 saturated carbocycles. The van der Waals surface area contributed by atoms with Crippen molar-refractivity contribution in [3.05, 3.63) is 82.3 Å². The third-order valence-corrected chi connectivity index (χ3v) is 5.20. The van der Waals surface area contributed by atoms with Crippen molar-refractivity contribution in [2.75, 3.05) is 5.32 Å². The Morgan fingerprint density at radius 2 is 1.86 bits per heavy atom. The first kappa shape index (κ1) is 16.9. The van der Waals surface area contributed by atoms with Crippen molar-refractivity contribution in [2.24, 2.45) is 0 Å². The summed E-state index contributed by atoms with van der Waals surface area (Å²) in [6, 6.07) is 13.5. The van der Waals surface area contributed by atoms with Gasteiger partial charge >= 0.3 is 5.69 Å². The van der Waals surface area contributed by atoms with Crippen molar-refractivity contribution in [2.45, 2.75) is 18.8 Å². The molecule has 0 atom stereocenters. The number of hydrogen-bond acceptors (Lipinski definition) is 5. The number of aromatic nitrogens is 4. The lowest BCUT2D eigenvalue weighted by Crippen LogP contribution is -2.23. The van der Waals surface area contributed by atoms with Gasteiger partial charge in [-0.1, -0.05) is 29.8 Å². The standard InChI is InChI=1S/C21H16ClN5O/c22-17-3-1-2-4-18(17)27-19-9-14(13-5-6-13)7-8-16(19)20(26-21(27)28)25-15-10-23-12-24-11-15/h1-4,7-13H,5-6H2,(H,25,26,28). The van der Waals surface area contributed by atoms with Crippen LogP contribution < -0.4 is 11.0 Å². The number of halogens is 1. The molecule has 2 heterocycles. The molecule has 5 rings (SSSR count). The maximum atomic E-state index is 13.0. The van der Waals surface area contributed by atoms with Gasteiger partial charge in [0.05, 0.1) is 34.3 Å². The van der Waals surface area contributed by atoms with E-state index in [1.807, 2.05) is 24.3 Å². The molecule has 1 fully saturated rings. The molecule has 1 aliphatic carbocycles. The van der Waals surface area contributed by atoms with E-state index in [4.69, 9.17) is 11.6 Å². The minimum Gasteiger partial charge on any atom is -0.337 e. The zero-order valence-electron chi connectivity index (χ0n) is 14.8. The molecule has 2 aromatic carbocycles. The van der Waals surface area contributed by atoms with Crippen molar-refractivity contribution in [3.63, 3.8) is 0 Å². The lowest BCUT2D eigenvalue weighted by Gasteiger charge is -2.15. The van der Waals surface area contributed by atoms with E-state index < -0.39 is 5.69 Å². The zero-order valence-corrected chi connectivity index (χ0v) is 15.6. The van der Waals surface area contributed by atoms with Crippen LogP contribution in [0.4, 0.5) is 11.5 Å². The Kier molecular flexibility index (Phi) is 4.06. The van der Waals surface area contributed by atoms with Gasteiger partial charge in [0.1, 0.15) is 12.1 Å². The maximum absolute atomic E-state index is 13.0. The highest BCUT2D eigenvalue weighted by atomic mass is 35.5. The summed E-state index contributed by atoms with van der Waals surface area (Å²) in [5.74, 6) is 1.03. The molecule has 138 valence electrons. The van der Waals surface area contributed by atoms with Gasteiger partial charge in [0, 0.05) is 5.39 Å². The van der Waals surface area contributed by atoms with Crippen LogP contribution in [0.5, 0.6) is 0 Å². The smallest absolute Gasteiger partial charge is 0.337 e. The van der Waals surface area contributed by atoms with Gasteiger partial charge in [-0.25, -0.2) is 14.8 Å². The monoisotopic (exact) mass is 389 g/mol. The average Bonchev–Trinajstić information content (AvgIpc) is 3.55. The fraction of sp³-hybridized carbons (Fsp3) is 0.143. The number of nitrogens with zero attached hydrogens (tertiary/aromatic N) is 4. The normalized spacial score (nSPS) is 13.6. The van der Waals surface area contributed by atoms with Crippen LogP contribution in [0.1, 0.15) is 24.3 Å². The van der Waals surface area contributed by atoms with E-state index >= 15 is 0 Å². The summed E-state index contributed by atoms with van der Waals surface area (Å²) in [7, 11) is 0. The summed E-state index contributed by atoms with van der Waals surface area (Å²) in [6.45, 7) is 0. The molecule has 7 heteroatoms. The third-order valence-electron chi connectivity index (χ3n) is 4.88. The van der Waals surface area contributed by atoms with Crippen LogP contribution in [-0.4, -0.2) is 19.5 Å². The second-order valence-corrected chi connectivity index (χ2v) is 7.24. The predicted molar refractivity (Wildman–Crippen MR) is 110 cm³/mol. The minimum absolute atomic E-state index is 0.395. The third kappa shape index (κ3) is 3.01. The van der Waals surface area contributed by atoms with E-state index in [9.17, 15) is 4.79 Å². The lowest BCUT2D eigenvalue weighted by atomic mass is 10.1. The van der Waals surface area contributed by atoms with Crippen molar-refractivity contribution in [1.82, 2.24) is 19.5 Å². The number of nitrogens with one attached hydrogen (secondary N) is 1. The molecular formula is C21H16ClN5O. The Labute approximate surface area is 165 Å². The van der Waals surface area contributed by atoms with E-state index in [0.717, 1.165) is 10.9 Å². The molecule has 0 aliphatic heterocycles. The number of rotatable bonds is 4. The molecule has 6 nitrogen and oxygen atoms in total. The Morgan fingerprint density at radius 1 is 1.07 bits per heavy atom. The fourth-order valence-corrected chi connectivity index (χ4v) is 3.60. The van der Waals surface area contributed by atoms with Gasteiger partial charge in [0.15, 0.2) is 0 Å². The van der Waals surface area contributed by atoms with E-state index in [1.165, 1.54) is 24.7 Å². The molecule has 1 aliphatic rings. The van der Waals surface area contributed by atoms with Gasteiger partial charge in [-0.3, -0.25) is 4.57 Å². The lowest BCUT2D eigenvalue weighted by molar-refractivity contribution is 0.959. The first-order chi connectivity index (χ1) is 13.7. The van der Waals surface area contributed by atoms with Crippen LogP contribution in [0.2, 0.25) is 5.02 Å². The first-order valence-electron chi connectivity index (χ1n) is 9.04. The number of benzene rings is 2. The Hall–Kier alpha value is -3.25. The highest BCUT2D eigenvalue weighted by molar-refractivity contribution is 6.32. The van der Waals surface area contributed by atoms with Gasteiger partial charge in [0.2, 0.25) is 0 Å². The second-order valence-electron chi connectivity index (χ2n) is 6.83. The average molecular weight is 390 g/mol. The van der Waals surface area contributed by atoms with Crippen LogP contribution in [0, 0.1) is 0 Å². The Bertz CT molecular complexity index is 1230. The number of para-hydroxylation sites is 1. The van der Waals surface area contributed by atoms with Crippen molar-refractivity contribution in [3.8, 4) is 5.69 Å². The van der Waals surface area contributed by atoms with Crippen LogP contribution in [0.3, 0.4) is 0 Å². The van der Waals surface area contributed by atoms with Crippen LogP contribution >= 0.6 is 11.6 Å². The SMILES string of the molecule is O=c1nc(Nc2cncnc2)c2ccc(C3CC3)cc2n1-c1ccccc1Cl.